The second kappa shape index (κ2) is 4.69. The number of rotatable bonds is 3. The summed E-state index contributed by atoms with van der Waals surface area (Å²) >= 11 is 4.77. The molecule has 0 saturated carbocycles. The molecule has 1 heterocycles. The fraction of sp³-hybridized carbons (Fsp3) is 0.333. The van der Waals surface area contributed by atoms with Crippen molar-refractivity contribution in [3.05, 3.63) is 17.0 Å². The number of halogens is 1. The summed E-state index contributed by atoms with van der Waals surface area (Å²) in [5.41, 5.74) is 0. The first-order chi connectivity index (χ1) is 5.34. The molecule has 60 valence electrons. The molecular formula is C6H8BrN3S. The Morgan fingerprint density at radius 1 is 1.55 bits per heavy atom. The molecule has 0 atom stereocenters. The van der Waals surface area contributed by atoms with Crippen molar-refractivity contribution in [2.45, 2.75) is 11.9 Å². The third kappa shape index (κ3) is 2.76. The molecule has 0 spiro atoms. The summed E-state index contributed by atoms with van der Waals surface area (Å²) in [7, 11) is 0. The minimum absolute atomic E-state index is 0.783. The van der Waals surface area contributed by atoms with Crippen molar-refractivity contribution in [1.29, 1.82) is 0 Å². The third-order valence-corrected chi connectivity index (χ3v) is 2.70. The second-order valence-corrected chi connectivity index (χ2v) is 3.38. The van der Waals surface area contributed by atoms with Crippen LogP contribution in [0.5, 0.6) is 0 Å². The lowest BCUT2D eigenvalue weighted by molar-refractivity contribution is 0.983. The number of hydrogen-bond acceptors (Lipinski definition) is 4. The van der Waals surface area contributed by atoms with E-state index >= 15 is 0 Å². The van der Waals surface area contributed by atoms with E-state index in [1.165, 1.54) is 11.9 Å². The predicted molar refractivity (Wildman–Crippen MR) is 49.3 cm³/mol. The quantitative estimate of drug-likeness (QED) is 0.810. The summed E-state index contributed by atoms with van der Waals surface area (Å²) < 4.78 is 3.87. The fourth-order valence-electron chi connectivity index (χ4n) is 0.517. The molecule has 1 aromatic rings. The number of nitrogens with zero attached hydrogens (tertiary/aromatic N) is 2. The van der Waals surface area contributed by atoms with E-state index in [2.05, 4.69) is 30.6 Å². The van der Waals surface area contributed by atoms with Crippen LogP contribution < -0.4 is 4.72 Å². The Hall–Kier alpha value is -0.130. The lowest BCUT2D eigenvalue weighted by Crippen LogP contribution is -2.01. The van der Waals surface area contributed by atoms with Crippen molar-refractivity contribution in [2.75, 3.05) is 6.54 Å². The summed E-state index contributed by atoms with van der Waals surface area (Å²) in [6.45, 7) is 2.95. The molecule has 0 saturated heterocycles. The first-order valence-corrected chi connectivity index (χ1v) is 4.81. The van der Waals surface area contributed by atoms with Gasteiger partial charge in [-0.2, -0.15) is 0 Å². The van der Waals surface area contributed by atoms with Crippen LogP contribution in [0.15, 0.2) is 22.0 Å². The lowest BCUT2D eigenvalue weighted by Gasteiger charge is -1.99. The highest BCUT2D eigenvalue weighted by atomic mass is 79.9. The van der Waals surface area contributed by atoms with Crippen molar-refractivity contribution < 1.29 is 0 Å². The van der Waals surface area contributed by atoms with E-state index in [4.69, 9.17) is 0 Å². The van der Waals surface area contributed by atoms with E-state index in [-0.39, 0.29) is 0 Å². The molecule has 0 amide bonds. The Morgan fingerprint density at radius 2 is 2.27 bits per heavy atom. The van der Waals surface area contributed by atoms with Gasteiger partial charge < -0.3 is 0 Å². The number of aromatic nitrogens is 2. The van der Waals surface area contributed by atoms with Crippen molar-refractivity contribution in [2.24, 2.45) is 0 Å². The van der Waals surface area contributed by atoms with Crippen LogP contribution in [0.1, 0.15) is 6.92 Å². The molecule has 0 aliphatic heterocycles. The normalized spacial score (nSPS) is 10.0. The maximum absolute atomic E-state index is 4.11. The highest BCUT2D eigenvalue weighted by Crippen LogP contribution is 2.19. The van der Waals surface area contributed by atoms with Crippen molar-refractivity contribution in [3.63, 3.8) is 0 Å². The zero-order valence-electron chi connectivity index (χ0n) is 6.04. The SMILES string of the molecule is CCNSc1nccnc1Br. The monoisotopic (exact) mass is 233 g/mol. The van der Waals surface area contributed by atoms with Crippen LogP contribution in [-0.2, 0) is 0 Å². The molecule has 0 fully saturated rings. The van der Waals surface area contributed by atoms with E-state index in [1.54, 1.807) is 12.4 Å². The summed E-state index contributed by atoms with van der Waals surface area (Å²) in [4.78, 5) is 8.13. The van der Waals surface area contributed by atoms with Gasteiger partial charge >= 0.3 is 0 Å². The molecule has 5 heteroatoms. The molecule has 1 aromatic heterocycles. The maximum atomic E-state index is 4.11. The van der Waals surface area contributed by atoms with Crippen LogP contribution in [0, 0.1) is 0 Å². The number of nitrogens with one attached hydrogen (secondary N) is 1. The summed E-state index contributed by atoms with van der Waals surface area (Å²) in [5.74, 6) is 0. The molecule has 0 aliphatic carbocycles. The molecule has 11 heavy (non-hydrogen) atoms. The fourth-order valence-corrected chi connectivity index (χ4v) is 1.51. The van der Waals surface area contributed by atoms with E-state index in [9.17, 15) is 0 Å². The van der Waals surface area contributed by atoms with E-state index in [1.807, 2.05) is 6.92 Å². The zero-order chi connectivity index (χ0) is 8.10. The van der Waals surface area contributed by atoms with Crippen LogP contribution in [-0.4, -0.2) is 16.5 Å². The summed E-state index contributed by atoms with van der Waals surface area (Å²) in [6.07, 6.45) is 3.32. The highest BCUT2D eigenvalue weighted by molar-refractivity contribution is 9.10. The van der Waals surface area contributed by atoms with Gasteiger partial charge in [0, 0.05) is 18.9 Å². The maximum Gasteiger partial charge on any atom is 0.144 e. The Bertz CT molecular complexity index is 231. The van der Waals surface area contributed by atoms with Gasteiger partial charge in [-0.05, 0) is 27.9 Å². The molecule has 0 aliphatic rings. The Balaban J connectivity index is 2.62. The first-order valence-electron chi connectivity index (χ1n) is 3.20. The molecule has 0 bridgehead atoms. The van der Waals surface area contributed by atoms with E-state index < -0.39 is 0 Å². The highest BCUT2D eigenvalue weighted by Gasteiger charge is 1.99. The minimum atomic E-state index is 0.783. The molecule has 0 aromatic carbocycles. The average Bonchev–Trinajstić information content (AvgIpc) is 2.03. The molecule has 0 unspecified atom stereocenters. The molecule has 1 N–H and O–H groups in total. The lowest BCUT2D eigenvalue weighted by atomic mass is 10.8. The van der Waals surface area contributed by atoms with Gasteiger partial charge in [0.2, 0.25) is 0 Å². The largest absolute Gasteiger partial charge is 0.259 e. The molecule has 0 radical (unpaired) electrons. The standard InChI is InChI=1S/C6H8BrN3S/c1-2-10-11-6-5(7)8-3-4-9-6/h3-4,10H,2H2,1H3. The van der Waals surface area contributed by atoms with Gasteiger partial charge in [0.15, 0.2) is 0 Å². The van der Waals surface area contributed by atoms with Crippen LogP contribution in [0.25, 0.3) is 0 Å². The van der Waals surface area contributed by atoms with Crippen LogP contribution >= 0.6 is 27.9 Å². The topological polar surface area (TPSA) is 37.8 Å². The molecule has 3 nitrogen and oxygen atoms in total. The Labute approximate surface area is 78.3 Å². The van der Waals surface area contributed by atoms with Gasteiger partial charge in [-0.25, -0.2) is 9.97 Å². The van der Waals surface area contributed by atoms with Gasteiger partial charge in [-0.3, -0.25) is 4.72 Å². The van der Waals surface area contributed by atoms with Crippen molar-refractivity contribution in [3.8, 4) is 0 Å². The smallest absolute Gasteiger partial charge is 0.144 e. The average molecular weight is 234 g/mol. The zero-order valence-corrected chi connectivity index (χ0v) is 8.44. The van der Waals surface area contributed by atoms with Gasteiger partial charge in [0.05, 0.1) is 0 Å². The molecular weight excluding hydrogens is 226 g/mol. The van der Waals surface area contributed by atoms with Crippen molar-refractivity contribution in [1.82, 2.24) is 14.7 Å². The number of hydrogen-bond donors (Lipinski definition) is 1. The van der Waals surface area contributed by atoms with Gasteiger partial charge in [-0.15, -0.1) is 0 Å². The minimum Gasteiger partial charge on any atom is -0.259 e. The van der Waals surface area contributed by atoms with Crippen LogP contribution in [0.2, 0.25) is 0 Å². The van der Waals surface area contributed by atoms with E-state index in [0.717, 1.165) is 16.2 Å². The van der Waals surface area contributed by atoms with Gasteiger partial charge in [-0.1, -0.05) is 6.92 Å². The van der Waals surface area contributed by atoms with Gasteiger partial charge in [0.25, 0.3) is 0 Å². The Morgan fingerprint density at radius 3 is 2.91 bits per heavy atom. The van der Waals surface area contributed by atoms with Crippen LogP contribution in [0.4, 0.5) is 0 Å². The van der Waals surface area contributed by atoms with Crippen molar-refractivity contribution >= 4 is 27.9 Å². The predicted octanol–water partition coefficient (Wildman–Crippen LogP) is 1.86. The third-order valence-electron chi connectivity index (χ3n) is 0.936. The van der Waals surface area contributed by atoms with Crippen LogP contribution in [0.3, 0.4) is 0 Å². The second-order valence-electron chi connectivity index (χ2n) is 1.75. The molecule has 1 rings (SSSR count). The van der Waals surface area contributed by atoms with Gasteiger partial charge in [0.1, 0.15) is 9.63 Å². The summed E-state index contributed by atoms with van der Waals surface area (Å²) in [6, 6.07) is 0. The first kappa shape index (κ1) is 8.96. The summed E-state index contributed by atoms with van der Waals surface area (Å²) in [5, 5.41) is 0.870. The Kier molecular flexibility index (Phi) is 3.82. The van der Waals surface area contributed by atoms with E-state index in [0.29, 0.717) is 0 Å².